The zero-order chi connectivity index (χ0) is 15.1. The first kappa shape index (κ1) is 13.8. The molecular formula is C15H10BrFN2O2. The van der Waals surface area contributed by atoms with Gasteiger partial charge in [-0.1, -0.05) is 22.0 Å². The molecule has 0 unspecified atom stereocenters. The molecule has 2 aromatic carbocycles. The Hall–Kier alpha value is -2.21. The van der Waals surface area contributed by atoms with E-state index in [1.807, 2.05) is 0 Å². The minimum Gasteiger partial charge on any atom is -0.478 e. The van der Waals surface area contributed by atoms with Gasteiger partial charge in [0.2, 0.25) is 0 Å². The lowest BCUT2D eigenvalue weighted by atomic mass is 10.1. The number of hydrogen-bond donors (Lipinski definition) is 1. The molecule has 0 spiro atoms. The summed E-state index contributed by atoms with van der Waals surface area (Å²) in [6, 6.07) is 9.33. The van der Waals surface area contributed by atoms with E-state index in [4.69, 9.17) is 0 Å². The zero-order valence-corrected chi connectivity index (χ0v) is 12.6. The Morgan fingerprint density at radius 3 is 2.81 bits per heavy atom. The van der Waals surface area contributed by atoms with E-state index in [2.05, 4.69) is 20.9 Å². The molecule has 1 N–H and O–H groups in total. The fourth-order valence-electron chi connectivity index (χ4n) is 2.37. The second-order valence-electron chi connectivity index (χ2n) is 4.57. The van der Waals surface area contributed by atoms with Crippen LogP contribution in [0.15, 0.2) is 40.9 Å². The van der Waals surface area contributed by atoms with E-state index in [0.29, 0.717) is 21.3 Å². The van der Waals surface area contributed by atoms with Gasteiger partial charge in [0, 0.05) is 4.47 Å². The van der Waals surface area contributed by atoms with Crippen LogP contribution in [-0.4, -0.2) is 20.6 Å². The summed E-state index contributed by atoms with van der Waals surface area (Å²) < 4.78 is 16.4. The predicted molar refractivity (Wildman–Crippen MR) is 80.4 cm³/mol. The summed E-state index contributed by atoms with van der Waals surface area (Å²) in [6.07, 6.45) is 0. The summed E-state index contributed by atoms with van der Waals surface area (Å²) in [5, 5.41) is 9.34. The summed E-state index contributed by atoms with van der Waals surface area (Å²) in [7, 11) is 0. The van der Waals surface area contributed by atoms with Crippen molar-refractivity contribution < 1.29 is 14.3 Å². The monoisotopic (exact) mass is 348 g/mol. The van der Waals surface area contributed by atoms with Gasteiger partial charge in [-0.2, -0.15) is 0 Å². The van der Waals surface area contributed by atoms with Crippen molar-refractivity contribution in [2.45, 2.75) is 6.92 Å². The Morgan fingerprint density at radius 2 is 2.10 bits per heavy atom. The molecule has 0 saturated carbocycles. The number of para-hydroxylation sites is 1. The van der Waals surface area contributed by atoms with Crippen LogP contribution < -0.4 is 0 Å². The quantitative estimate of drug-likeness (QED) is 0.763. The highest BCUT2D eigenvalue weighted by Gasteiger charge is 2.18. The standard InChI is InChI=1S/C15H10BrFN2O2/c1-8-18-12-4-2-3-10(15(20)21)14(12)19(8)13-7-9(16)5-6-11(13)17/h2-7H,1H3,(H,20,21). The number of carbonyl (C=O) groups is 1. The van der Waals surface area contributed by atoms with Gasteiger partial charge >= 0.3 is 5.97 Å². The number of halogens is 2. The minimum atomic E-state index is -1.07. The number of hydrogen-bond acceptors (Lipinski definition) is 2. The Morgan fingerprint density at radius 1 is 1.33 bits per heavy atom. The van der Waals surface area contributed by atoms with Crippen molar-refractivity contribution in [2.75, 3.05) is 0 Å². The molecule has 0 bridgehead atoms. The maximum atomic E-state index is 14.2. The van der Waals surface area contributed by atoms with Crippen molar-refractivity contribution in [3.8, 4) is 5.69 Å². The van der Waals surface area contributed by atoms with Crippen LogP contribution in [0.4, 0.5) is 4.39 Å². The van der Waals surface area contributed by atoms with Crippen LogP contribution in [-0.2, 0) is 0 Å². The molecule has 0 aliphatic heterocycles. The van der Waals surface area contributed by atoms with Crippen molar-refractivity contribution in [1.82, 2.24) is 9.55 Å². The number of carboxylic acids is 1. The number of aromatic nitrogens is 2. The van der Waals surface area contributed by atoms with Gasteiger partial charge in [-0.25, -0.2) is 14.2 Å². The SMILES string of the molecule is Cc1nc2cccc(C(=O)O)c2n1-c1cc(Br)ccc1F. The van der Waals surface area contributed by atoms with Crippen molar-refractivity contribution in [3.05, 3.63) is 58.1 Å². The fourth-order valence-corrected chi connectivity index (χ4v) is 2.72. The van der Waals surface area contributed by atoms with Crippen LogP contribution in [0.5, 0.6) is 0 Å². The van der Waals surface area contributed by atoms with E-state index in [-0.39, 0.29) is 11.3 Å². The number of benzene rings is 2. The van der Waals surface area contributed by atoms with Gasteiger partial charge in [-0.3, -0.25) is 4.57 Å². The van der Waals surface area contributed by atoms with Crippen LogP contribution in [0.25, 0.3) is 16.7 Å². The number of nitrogens with zero attached hydrogens (tertiary/aromatic N) is 2. The molecule has 1 aromatic heterocycles. The number of aromatic carboxylic acids is 1. The van der Waals surface area contributed by atoms with Crippen LogP contribution in [0.3, 0.4) is 0 Å². The molecule has 3 rings (SSSR count). The molecule has 21 heavy (non-hydrogen) atoms. The van der Waals surface area contributed by atoms with Gasteiger partial charge in [0.25, 0.3) is 0 Å². The Labute approximate surface area is 128 Å². The average Bonchev–Trinajstić information content (AvgIpc) is 2.77. The van der Waals surface area contributed by atoms with E-state index >= 15 is 0 Å². The van der Waals surface area contributed by atoms with Gasteiger partial charge in [0.15, 0.2) is 0 Å². The molecule has 0 fully saturated rings. The second kappa shape index (κ2) is 4.96. The van der Waals surface area contributed by atoms with Crippen LogP contribution in [0.1, 0.15) is 16.2 Å². The Kier molecular flexibility index (Phi) is 3.25. The van der Waals surface area contributed by atoms with Crippen LogP contribution >= 0.6 is 15.9 Å². The second-order valence-corrected chi connectivity index (χ2v) is 5.48. The van der Waals surface area contributed by atoms with Gasteiger partial charge < -0.3 is 5.11 Å². The van der Waals surface area contributed by atoms with E-state index in [1.54, 1.807) is 31.2 Å². The van der Waals surface area contributed by atoms with Gasteiger partial charge in [0.05, 0.1) is 22.3 Å². The molecule has 6 heteroatoms. The molecule has 0 aliphatic carbocycles. The van der Waals surface area contributed by atoms with E-state index in [9.17, 15) is 14.3 Å². The molecule has 3 aromatic rings. The molecule has 0 amide bonds. The molecule has 4 nitrogen and oxygen atoms in total. The summed E-state index contributed by atoms with van der Waals surface area (Å²) >= 11 is 3.30. The fraction of sp³-hybridized carbons (Fsp3) is 0.0667. The topological polar surface area (TPSA) is 55.1 Å². The lowest BCUT2D eigenvalue weighted by Gasteiger charge is -2.10. The largest absolute Gasteiger partial charge is 0.478 e. The Balaban J connectivity index is 2.44. The van der Waals surface area contributed by atoms with Gasteiger partial charge in [0.1, 0.15) is 11.6 Å². The molecule has 0 saturated heterocycles. The maximum absolute atomic E-state index is 14.2. The predicted octanol–water partition coefficient (Wildman–Crippen LogP) is 3.93. The van der Waals surface area contributed by atoms with Gasteiger partial charge in [-0.15, -0.1) is 0 Å². The first-order chi connectivity index (χ1) is 9.99. The normalized spacial score (nSPS) is 11.0. The number of fused-ring (bicyclic) bond motifs is 1. The number of imidazole rings is 1. The van der Waals surface area contributed by atoms with Crippen LogP contribution in [0.2, 0.25) is 0 Å². The maximum Gasteiger partial charge on any atom is 0.337 e. The van der Waals surface area contributed by atoms with Crippen LogP contribution in [0, 0.1) is 12.7 Å². The molecule has 106 valence electrons. The smallest absolute Gasteiger partial charge is 0.337 e. The first-order valence-corrected chi connectivity index (χ1v) is 6.95. The number of rotatable bonds is 2. The molecule has 0 atom stereocenters. The summed E-state index contributed by atoms with van der Waals surface area (Å²) in [4.78, 5) is 15.7. The highest BCUT2D eigenvalue weighted by Crippen LogP contribution is 2.27. The lowest BCUT2D eigenvalue weighted by Crippen LogP contribution is -2.05. The van der Waals surface area contributed by atoms with Crippen molar-refractivity contribution in [3.63, 3.8) is 0 Å². The number of carboxylic acid groups (broad SMARTS) is 1. The van der Waals surface area contributed by atoms with Crippen molar-refractivity contribution in [2.24, 2.45) is 0 Å². The Bertz CT molecular complexity index is 873. The highest BCUT2D eigenvalue weighted by molar-refractivity contribution is 9.10. The third-order valence-electron chi connectivity index (χ3n) is 3.22. The first-order valence-electron chi connectivity index (χ1n) is 6.16. The third kappa shape index (κ3) is 2.21. The summed E-state index contributed by atoms with van der Waals surface area (Å²) in [5.41, 5.74) is 1.26. The molecule has 0 aliphatic rings. The third-order valence-corrected chi connectivity index (χ3v) is 3.72. The van der Waals surface area contributed by atoms with Crippen molar-refractivity contribution in [1.29, 1.82) is 0 Å². The number of aryl methyl sites for hydroxylation is 1. The van der Waals surface area contributed by atoms with Crippen molar-refractivity contribution >= 4 is 32.9 Å². The average molecular weight is 349 g/mol. The summed E-state index contributed by atoms with van der Waals surface area (Å²) in [6.45, 7) is 1.71. The zero-order valence-electron chi connectivity index (χ0n) is 11.0. The van der Waals surface area contributed by atoms with E-state index in [0.717, 1.165) is 0 Å². The van der Waals surface area contributed by atoms with E-state index < -0.39 is 11.8 Å². The summed E-state index contributed by atoms with van der Waals surface area (Å²) in [5.74, 6) is -0.992. The molecule has 1 heterocycles. The van der Waals surface area contributed by atoms with Gasteiger partial charge in [-0.05, 0) is 37.3 Å². The van der Waals surface area contributed by atoms with E-state index in [1.165, 1.54) is 16.7 Å². The highest BCUT2D eigenvalue weighted by atomic mass is 79.9. The molecule has 0 radical (unpaired) electrons. The molecular weight excluding hydrogens is 339 g/mol. The lowest BCUT2D eigenvalue weighted by molar-refractivity contribution is 0.0698. The minimum absolute atomic E-state index is 0.0903.